The fourth-order valence-corrected chi connectivity index (χ4v) is 3.28. The molecular formula is C21H17N3O5. The smallest absolute Gasteiger partial charge is 0.323 e. The van der Waals surface area contributed by atoms with Gasteiger partial charge in [0.2, 0.25) is 0 Å². The van der Waals surface area contributed by atoms with Gasteiger partial charge in [0.05, 0.1) is 5.69 Å². The highest BCUT2D eigenvalue weighted by molar-refractivity contribution is 6.09. The number of fused-ring (bicyclic) bond motifs is 2. The van der Waals surface area contributed by atoms with E-state index in [0.717, 1.165) is 10.3 Å². The number of carboxylic acid groups (broad SMARTS) is 1. The molecule has 8 nitrogen and oxygen atoms in total. The van der Waals surface area contributed by atoms with Crippen LogP contribution in [0.25, 0.3) is 10.8 Å². The number of carbonyl (C=O) groups excluding carboxylic acids is 2. The molecule has 8 heteroatoms. The molecule has 0 aliphatic carbocycles. The lowest BCUT2D eigenvalue weighted by atomic mass is 10.1. The standard InChI is InChI=1S/C21H17N3O5/c25-18(26)11-24-16-7-3-4-8-17(16)29-12-15(21(24)28)23-20(27)19-14-6-2-1-5-13(14)9-10-22-19/h1-10,15H,11-12H2,(H,23,27)(H,25,26)/t15-/m0/s1. The largest absolute Gasteiger partial charge is 0.489 e. The van der Waals surface area contributed by atoms with Crippen LogP contribution in [0.15, 0.2) is 60.8 Å². The second-order valence-electron chi connectivity index (χ2n) is 6.50. The molecule has 1 aliphatic rings. The Balaban J connectivity index is 1.64. The lowest BCUT2D eigenvalue weighted by molar-refractivity contribution is -0.136. The van der Waals surface area contributed by atoms with Crippen LogP contribution in [0.1, 0.15) is 10.5 Å². The van der Waals surface area contributed by atoms with Crippen LogP contribution in [0.2, 0.25) is 0 Å². The number of rotatable bonds is 4. The summed E-state index contributed by atoms with van der Waals surface area (Å²) < 4.78 is 5.68. The number of amides is 2. The zero-order chi connectivity index (χ0) is 20.4. The molecule has 29 heavy (non-hydrogen) atoms. The number of hydrogen-bond donors (Lipinski definition) is 2. The Labute approximate surface area is 165 Å². The Bertz CT molecular complexity index is 1110. The topological polar surface area (TPSA) is 109 Å². The minimum Gasteiger partial charge on any atom is -0.489 e. The number of nitrogens with one attached hydrogen (secondary N) is 1. The van der Waals surface area contributed by atoms with Crippen molar-refractivity contribution in [3.05, 3.63) is 66.5 Å². The molecule has 0 unspecified atom stereocenters. The number of aromatic nitrogens is 1. The third kappa shape index (κ3) is 3.60. The average molecular weight is 391 g/mol. The molecule has 2 amide bonds. The third-order valence-corrected chi connectivity index (χ3v) is 4.61. The molecule has 0 saturated carbocycles. The van der Waals surface area contributed by atoms with Gasteiger partial charge in [0.15, 0.2) is 0 Å². The molecule has 3 aromatic rings. The highest BCUT2D eigenvalue weighted by Crippen LogP contribution is 2.31. The number of hydrogen-bond acceptors (Lipinski definition) is 5. The summed E-state index contributed by atoms with van der Waals surface area (Å²) >= 11 is 0. The van der Waals surface area contributed by atoms with Crippen molar-refractivity contribution < 1.29 is 24.2 Å². The molecule has 0 spiro atoms. The fourth-order valence-electron chi connectivity index (χ4n) is 3.28. The molecule has 1 atom stereocenters. The number of ether oxygens (including phenoxy) is 1. The zero-order valence-corrected chi connectivity index (χ0v) is 15.2. The fraction of sp³-hybridized carbons (Fsp3) is 0.143. The predicted octanol–water partition coefficient (Wildman–Crippen LogP) is 1.84. The minimum absolute atomic E-state index is 0.123. The molecule has 0 bridgehead atoms. The number of nitrogens with zero attached hydrogens (tertiary/aromatic N) is 2. The first-order valence-corrected chi connectivity index (χ1v) is 8.94. The van der Waals surface area contributed by atoms with E-state index in [4.69, 9.17) is 4.74 Å². The summed E-state index contributed by atoms with van der Waals surface area (Å²) in [4.78, 5) is 42.5. The number of carboxylic acids is 1. The molecule has 2 N–H and O–H groups in total. The Morgan fingerprint density at radius 1 is 1.14 bits per heavy atom. The summed E-state index contributed by atoms with van der Waals surface area (Å²) in [6, 6.07) is 14.7. The summed E-state index contributed by atoms with van der Waals surface area (Å²) in [6.07, 6.45) is 1.52. The number of benzene rings is 2. The van der Waals surface area contributed by atoms with Crippen molar-refractivity contribution in [2.24, 2.45) is 0 Å². The van der Waals surface area contributed by atoms with Gasteiger partial charge in [-0.3, -0.25) is 24.3 Å². The maximum Gasteiger partial charge on any atom is 0.323 e. The first-order chi connectivity index (χ1) is 14.0. The lowest BCUT2D eigenvalue weighted by Gasteiger charge is -2.23. The second-order valence-corrected chi connectivity index (χ2v) is 6.50. The van der Waals surface area contributed by atoms with Gasteiger partial charge < -0.3 is 15.2 Å². The van der Waals surface area contributed by atoms with Crippen LogP contribution in [0.4, 0.5) is 5.69 Å². The van der Waals surface area contributed by atoms with Gasteiger partial charge in [-0.15, -0.1) is 0 Å². The van der Waals surface area contributed by atoms with E-state index in [9.17, 15) is 19.5 Å². The Morgan fingerprint density at radius 2 is 1.90 bits per heavy atom. The number of anilines is 1. The quantitative estimate of drug-likeness (QED) is 0.703. The number of pyridine rings is 1. The van der Waals surface area contributed by atoms with Crippen molar-refractivity contribution in [3.63, 3.8) is 0 Å². The van der Waals surface area contributed by atoms with Crippen LogP contribution < -0.4 is 15.0 Å². The zero-order valence-electron chi connectivity index (χ0n) is 15.2. The summed E-state index contributed by atoms with van der Waals surface area (Å²) in [6.45, 7) is -0.666. The van der Waals surface area contributed by atoms with E-state index in [1.807, 2.05) is 12.1 Å². The van der Waals surface area contributed by atoms with Gasteiger partial charge in [0.25, 0.3) is 11.8 Å². The molecule has 4 rings (SSSR count). The van der Waals surface area contributed by atoms with E-state index in [0.29, 0.717) is 16.8 Å². The molecule has 0 radical (unpaired) electrons. The highest BCUT2D eigenvalue weighted by Gasteiger charge is 2.34. The van der Waals surface area contributed by atoms with Crippen molar-refractivity contribution in [2.75, 3.05) is 18.1 Å². The SMILES string of the molecule is O=C(O)CN1C(=O)[C@@H](NC(=O)c2nccc3ccccc23)COc2ccccc21. The van der Waals surface area contributed by atoms with Gasteiger partial charge in [0, 0.05) is 11.6 Å². The van der Waals surface area contributed by atoms with E-state index in [2.05, 4.69) is 10.3 Å². The Kier molecular flexibility index (Phi) is 4.82. The maximum absolute atomic E-state index is 13.0. The molecule has 146 valence electrons. The van der Waals surface area contributed by atoms with E-state index >= 15 is 0 Å². The maximum atomic E-state index is 13.0. The van der Waals surface area contributed by atoms with Gasteiger partial charge >= 0.3 is 5.97 Å². The van der Waals surface area contributed by atoms with Crippen molar-refractivity contribution in [1.82, 2.24) is 10.3 Å². The average Bonchev–Trinajstić information content (AvgIpc) is 2.85. The molecule has 0 saturated heterocycles. The highest BCUT2D eigenvalue weighted by atomic mass is 16.5. The van der Waals surface area contributed by atoms with Crippen LogP contribution in [0.5, 0.6) is 5.75 Å². The summed E-state index contributed by atoms with van der Waals surface area (Å²) in [5.74, 6) is -1.89. The normalized spacial score (nSPS) is 15.9. The predicted molar refractivity (Wildman–Crippen MR) is 105 cm³/mol. The van der Waals surface area contributed by atoms with Crippen LogP contribution in [-0.2, 0) is 9.59 Å². The monoisotopic (exact) mass is 391 g/mol. The summed E-state index contributed by atoms with van der Waals surface area (Å²) in [7, 11) is 0. The van der Waals surface area contributed by atoms with Gasteiger partial charge in [-0.25, -0.2) is 0 Å². The number of para-hydroxylation sites is 2. The lowest BCUT2D eigenvalue weighted by Crippen LogP contribution is -2.51. The van der Waals surface area contributed by atoms with E-state index in [1.54, 1.807) is 42.5 Å². The first-order valence-electron chi connectivity index (χ1n) is 8.94. The summed E-state index contributed by atoms with van der Waals surface area (Å²) in [5.41, 5.74) is 0.530. The van der Waals surface area contributed by atoms with Crippen LogP contribution in [0.3, 0.4) is 0 Å². The third-order valence-electron chi connectivity index (χ3n) is 4.61. The van der Waals surface area contributed by atoms with Crippen molar-refractivity contribution in [2.45, 2.75) is 6.04 Å². The van der Waals surface area contributed by atoms with Gasteiger partial charge in [0.1, 0.15) is 30.6 Å². The first kappa shape index (κ1) is 18.4. The molecule has 0 fully saturated rings. The van der Waals surface area contributed by atoms with Crippen molar-refractivity contribution in [1.29, 1.82) is 0 Å². The minimum atomic E-state index is -1.17. The Morgan fingerprint density at radius 3 is 2.72 bits per heavy atom. The van der Waals surface area contributed by atoms with E-state index in [-0.39, 0.29) is 12.3 Å². The summed E-state index contributed by atoms with van der Waals surface area (Å²) in [5, 5.41) is 13.4. The molecule has 1 aliphatic heterocycles. The molecule has 1 aromatic heterocycles. The Hall–Kier alpha value is -3.94. The van der Waals surface area contributed by atoms with Gasteiger partial charge in [-0.2, -0.15) is 0 Å². The van der Waals surface area contributed by atoms with E-state index < -0.39 is 30.4 Å². The van der Waals surface area contributed by atoms with Crippen LogP contribution in [0, 0.1) is 0 Å². The van der Waals surface area contributed by atoms with Crippen LogP contribution >= 0.6 is 0 Å². The van der Waals surface area contributed by atoms with Crippen molar-refractivity contribution in [3.8, 4) is 5.75 Å². The molecule has 2 aromatic carbocycles. The van der Waals surface area contributed by atoms with Gasteiger partial charge in [-0.05, 0) is 23.6 Å². The van der Waals surface area contributed by atoms with Crippen molar-refractivity contribution >= 4 is 34.2 Å². The van der Waals surface area contributed by atoms with E-state index in [1.165, 1.54) is 6.20 Å². The molecular weight excluding hydrogens is 374 g/mol. The number of aliphatic carboxylic acids is 1. The number of carbonyl (C=O) groups is 3. The van der Waals surface area contributed by atoms with Gasteiger partial charge in [-0.1, -0.05) is 36.4 Å². The van der Waals surface area contributed by atoms with Crippen LogP contribution in [-0.4, -0.2) is 47.1 Å². The second kappa shape index (κ2) is 7.59. The molecule has 2 heterocycles.